The van der Waals surface area contributed by atoms with E-state index in [-0.39, 0.29) is 11.9 Å². The molecule has 29 heavy (non-hydrogen) atoms. The molecule has 2 aromatic heterocycles. The van der Waals surface area contributed by atoms with Crippen LogP contribution >= 0.6 is 11.3 Å². The molecule has 1 unspecified atom stereocenters. The molecular weight excluding hydrogens is 408 g/mol. The zero-order valence-electron chi connectivity index (χ0n) is 16.5. The minimum Gasteiger partial charge on any atom is -0.487 e. The topological polar surface area (TPSA) is 84.4 Å². The predicted molar refractivity (Wildman–Crippen MR) is 117 cm³/mol. The van der Waals surface area contributed by atoms with Gasteiger partial charge in [-0.2, -0.15) is 4.31 Å². The first kappa shape index (κ1) is 20.1. The molecule has 0 radical (unpaired) electrons. The van der Waals surface area contributed by atoms with Gasteiger partial charge in [0.15, 0.2) is 0 Å². The van der Waals surface area contributed by atoms with Crippen LogP contribution in [0, 0.1) is 6.92 Å². The van der Waals surface area contributed by atoms with Crippen LogP contribution in [-0.4, -0.2) is 47.6 Å². The molecule has 0 bridgehead atoms. The van der Waals surface area contributed by atoms with E-state index in [1.807, 2.05) is 38.1 Å². The van der Waals surface area contributed by atoms with Crippen molar-refractivity contribution in [3.05, 3.63) is 41.5 Å². The monoisotopic (exact) mass is 432 g/mol. The lowest BCUT2D eigenvalue weighted by atomic mass is 10.2. The Hall–Kier alpha value is -2.23. The zero-order valence-corrected chi connectivity index (χ0v) is 18.1. The van der Waals surface area contributed by atoms with Crippen molar-refractivity contribution in [2.75, 3.05) is 24.2 Å². The number of aromatic nitrogens is 2. The molecule has 4 rings (SSSR count). The Morgan fingerprint density at radius 2 is 2.14 bits per heavy atom. The number of anilines is 2. The van der Waals surface area contributed by atoms with Gasteiger partial charge in [-0.15, -0.1) is 11.3 Å². The summed E-state index contributed by atoms with van der Waals surface area (Å²) in [6, 6.07) is 7.67. The van der Waals surface area contributed by atoms with E-state index in [0.29, 0.717) is 31.7 Å². The molecule has 0 saturated carbocycles. The van der Waals surface area contributed by atoms with Crippen molar-refractivity contribution in [3.63, 3.8) is 0 Å². The fourth-order valence-corrected chi connectivity index (χ4v) is 5.97. The molecule has 1 atom stereocenters. The van der Waals surface area contributed by atoms with E-state index in [1.165, 1.54) is 0 Å². The summed E-state index contributed by atoms with van der Waals surface area (Å²) in [5.74, 6) is 1.61. The van der Waals surface area contributed by atoms with Crippen LogP contribution in [0.1, 0.15) is 25.3 Å². The van der Waals surface area contributed by atoms with Crippen LogP contribution in [0.4, 0.5) is 11.5 Å². The molecule has 1 aromatic carbocycles. The Morgan fingerprint density at radius 1 is 1.31 bits per heavy atom. The number of rotatable bonds is 7. The molecule has 1 saturated heterocycles. The summed E-state index contributed by atoms with van der Waals surface area (Å²) in [4.78, 5) is 9.68. The molecule has 1 N–H and O–H groups in total. The van der Waals surface area contributed by atoms with Crippen molar-refractivity contribution in [1.82, 2.24) is 14.3 Å². The Labute approximate surface area is 174 Å². The van der Waals surface area contributed by atoms with Crippen LogP contribution < -0.4 is 10.1 Å². The maximum atomic E-state index is 12.3. The van der Waals surface area contributed by atoms with E-state index in [0.717, 1.165) is 27.3 Å². The highest BCUT2D eigenvalue weighted by Crippen LogP contribution is 2.34. The summed E-state index contributed by atoms with van der Waals surface area (Å²) < 4.78 is 32.4. The number of sulfonamides is 1. The fraction of sp³-hybridized carbons (Fsp3) is 0.400. The SMILES string of the molecule is CCCS(=O)(=O)N1CCC(Oc2ccccc2Nc2ncnc3scc(C)c23)C1. The lowest BCUT2D eigenvalue weighted by Gasteiger charge is -2.19. The molecule has 0 spiro atoms. The van der Waals surface area contributed by atoms with Crippen molar-refractivity contribution in [1.29, 1.82) is 0 Å². The highest BCUT2D eigenvalue weighted by molar-refractivity contribution is 7.89. The molecule has 3 aromatic rings. The standard InChI is InChI=1S/C20H24N4O3S2/c1-3-10-29(25,26)24-9-8-15(11-24)27-17-7-5-4-6-16(17)23-19-18-14(2)12-28-20(18)22-13-21-19/h4-7,12-13,15H,3,8-11H2,1-2H3,(H,21,22,23). The van der Waals surface area contributed by atoms with Gasteiger partial charge in [0.25, 0.3) is 0 Å². The lowest BCUT2D eigenvalue weighted by molar-refractivity contribution is 0.216. The molecular formula is C20H24N4O3S2. The smallest absolute Gasteiger partial charge is 0.214 e. The van der Waals surface area contributed by atoms with Gasteiger partial charge in [0.2, 0.25) is 10.0 Å². The van der Waals surface area contributed by atoms with Crippen molar-refractivity contribution in [3.8, 4) is 5.75 Å². The van der Waals surface area contributed by atoms with E-state index < -0.39 is 10.0 Å². The molecule has 1 aliphatic heterocycles. The number of fused-ring (bicyclic) bond motifs is 1. The second kappa shape index (κ2) is 8.25. The van der Waals surface area contributed by atoms with Crippen molar-refractivity contribution in [2.45, 2.75) is 32.8 Å². The predicted octanol–water partition coefficient (Wildman–Crippen LogP) is 3.94. The Bertz CT molecular complexity index is 1110. The average Bonchev–Trinajstić information content (AvgIpc) is 3.32. The van der Waals surface area contributed by atoms with E-state index >= 15 is 0 Å². The highest BCUT2D eigenvalue weighted by atomic mass is 32.2. The van der Waals surface area contributed by atoms with Crippen LogP contribution in [0.25, 0.3) is 10.2 Å². The highest BCUT2D eigenvalue weighted by Gasteiger charge is 2.32. The fourth-order valence-electron chi connectivity index (χ4n) is 3.53. The Balaban J connectivity index is 1.53. The van der Waals surface area contributed by atoms with Gasteiger partial charge in [-0.3, -0.25) is 0 Å². The maximum Gasteiger partial charge on any atom is 0.214 e. The number of hydrogen-bond acceptors (Lipinski definition) is 7. The van der Waals surface area contributed by atoms with Crippen LogP contribution in [0.2, 0.25) is 0 Å². The maximum absolute atomic E-state index is 12.3. The third kappa shape index (κ3) is 4.22. The number of aryl methyl sites for hydroxylation is 1. The number of hydrogen-bond donors (Lipinski definition) is 1. The minimum atomic E-state index is -3.19. The van der Waals surface area contributed by atoms with E-state index in [9.17, 15) is 8.42 Å². The van der Waals surface area contributed by atoms with Crippen LogP contribution in [0.5, 0.6) is 5.75 Å². The normalized spacial score (nSPS) is 17.7. The van der Waals surface area contributed by atoms with E-state index in [1.54, 1.807) is 22.0 Å². The minimum absolute atomic E-state index is 0.169. The number of para-hydroxylation sites is 2. The largest absolute Gasteiger partial charge is 0.487 e. The average molecular weight is 433 g/mol. The first-order valence-electron chi connectivity index (χ1n) is 9.67. The Morgan fingerprint density at radius 3 is 2.97 bits per heavy atom. The molecule has 1 fully saturated rings. The summed E-state index contributed by atoms with van der Waals surface area (Å²) in [5.41, 5.74) is 1.92. The van der Waals surface area contributed by atoms with E-state index in [4.69, 9.17) is 4.74 Å². The van der Waals surface area contributed by atoms with Crippen LogP contribution in [-0.2, 0) is 10.0 Å². The van der Waals surface area contributed by atoms with Gasteiger partial charge in [-0.1, -0.05) is 19.1 Å². The first-order chi connectivity index (χ1) is 14.0. The van der Waals surface area contributed by atoms with Crippen molar-refractivity contribution in [2.24, 2.45) is 0 Å². The summed E-state index contributed by atoms with van der Waals surface area (Å²) in [5, 5.41) is 6.45. The van der Waals surface area contributed by atoms with Crippen LogP contribution in [0.3, 0.4) is 0 Å². The summed E-state index contributed by atoms with van der Waals surface area (Å²) >= 11 is 1.59. The molecule has 7 nitrogen and oxygen atoms in total. The second-order valence-corrected chi connectivity index (χ2v) is 10.1. The van der Waals surface area contributed by atoms with Crippen molar-refractivity contribution < 1.29 is 13.2 Å². The number of benzene rings is 1. The quantitative estimate of drug-likeness (QED) is 0.609. The van der Waals surface area contributed by atoms with Gasteiger partial charge in [-0.25, -0.2) is 18.4 Å². The van der Waals surface area contributed by atoms with Gasteiger partial charge < -0.3 is 10.1 Å². The molecule has 3 heterocycles. The van der Waals surface area contributed by atoms with Gasteiger partial charge in [0.1, 0.15) is 28.8 Å². The number of nitrogens with one attached hydrogen (secondary N) is 1. The summed E-state index contributed by atoms with van der Waals surface area (Å²) in [6.45, 7) is 4.81. The lowest BCUT2D eigenvalue weighted by Crippen LogP contribution is -2.32. The zero-order chi connectivity index (χ0) is 20.4. The third-order valence-corrected chi connectivity index (χ3v) is 8.00. The molecule has 9 heteroatoms. The molecule has 0 amide bonds. The summed E-state index contributed by atoms with van der Waals surface area (Å²) in [6.07, 6.45) is 2.68. The molecule has 0 aliphatic carbocycles. The third-order valence-electron chi connectivity index (χ3n) is 4.95. The number of thiophene rings is 1. The first-order valence-corrected chi connectivity index (χ1v) is 12.2. The van der Waals surface area contributed by atoms with Gasteiger partial charge in [0, 0.05) is 6.54 Å². The second-order valence-electron chi connectivity index (χ2n) is 7.14. The Kier molecular flexibility index (Phi) is 5.71. The van der Waals surface area contributed by atoms with Crippen molar-refractivity contribution >= 4 is 43.1 Å². The number of ether oxygens (including phenoxy) is 1. The van der Waals surface area contributed by atoms with Gasteiger partial charge in [-0.05, 0) is 42.8 Å². The van der Waals surface area contributed by atoms with Gasteiger partial charge >= 0.3 is 0 Å². The van der Waals surface area contributed by atoms with E-state index in [2.05, 4.69) is 20.7 Å². The van der Waals surface area contributed by atoms with Crippen LogP contribution in [0.15, 0.2) is 36.0 Å². The molecule has 154 valence electrons. The number of nitrogens with zero attached hydrogens (tertiary/aromatic N) is 3. The van der Waals surface area contributed by atoms with Gasteiger partial charge in [0.05, 0.1) is 23.4 Å². The summed E-state index contributed by atoms with van der Waals surface area (Å²) in [7, 11) is -3.19. The molecule has 1 aliphatic rings.